The zero-order valence-corrected chi connectivity index (χ0v) is 18.0. The molecule has 1 aromatic heterocycles. The van der Waals surface area contributed by atoms with E-state index in [1.165, 1.54) is 23.8 Å². The minimum absolute atomic E-state index is 0.0765. The molecule has 0 radical (unpaired) electrons. The van der Waals surface area contributed by atoms with Gasteiger partial charge in [0.1, 0.15) is 5.82 Å². The van der Waals surface area contributed by atoms with Gasteiger partial charge in [0.15, 0.2) is 11.9 Å². The third-order valence-corrected chi connectivity index (χ3v) is 7.51. The lowest BCUT2D eigenvalue weighted by Crippen LogP contribution is -2.28. The largest absolute Gasteiger partial charge is 0.490 e. The Balaban J connectivity index is 2.04. The van der Waals surface area contributed by atoms with Crippen molar-refractivity contribution in [1.82, 2.24) is 9.55 Å². The SMILES string of the molecule is CC1(F)C[C@@H](COP(=O)(O)OP(=O)(O)OP(=O)(O)O)O[C@H]1n1ccc(N)nc1=S. The van der Waals surface area contributed by atoms with E-state index in [4.69, 9.17) is 37.4 Å². The molecule has 5 atom stereocenters. The Bertz CT molecular complexity index is 968. The Kier molecular flexibility index (Phi) is 7.23. The van der Waals surface area contributed by atoms with Crippen molar-refractivity contribution in [3.8, 4) is 0 Å². The summed E-state index contributed by atoms with van der Waals surface area (Å²) in [7, 11) is -16.5. The summed E-state index contributed by atoms with van der Waals surface area (Å²) in [4.78, 5) is 39.3. The average Bonchev–Trinajstić information content (AvgIpc) is 2.76. The first-order valence-electron chi connectivity index (χ1n) is 7.47. The first kappa shape index (κ1) is 24.7. The molecule has 6 N–H and O–H groups in total. The summed E-state index contributed by atoms with van der Waals surface area (Å²) in [5.74, 6) is 0.106. The second-order valence-electron chi connectivity index (χ2n) is 6.02. The van der Waals surface area contributed by atoms with Crippen molar-refractivity contribution < 1.29 is 55.5 Å². The molecule has 0 aromatic carbocycles. The third-order valence-electron chi connectivity index (χ3n) is 3.41. The molecule has 0 amide bonds. The summed E-state index contributed by atoms with van der Waals surface area (Å²) in [5, 5.41) is 0. The van der Waals surface area contributed by atoms with E-state index in [2.05, 4.69) is 18.1 Å². The second kappa shape index (κ2) is 8.50. The monoisotopic (exact) mass is 499 g/mol. The first-order chi connectivity index (χ1) is 13.0. The first-order valence-corrected chi connectivity index (χ1v) is 12.4. The molecule has 0 saturated carbocycles. The van der Waals surface area contributed by atoms with E-state index in [-0.39, 0.29) is 17.0 Å². The van der Waals surface area contributed by atoms with Gasteiger partial charge in [-0.3, -0.25) is 9.09 Å². The maximum atomic E-state index is 14.9. The highest BCUT2D eigenvalue weighted by molar-refractivity contribution is 7.71. The van der Waals surface area contributed by atoms with Crippen molar-refractivity contribution in [2.24, 2.45) is 0 Å². The van der Waals surface area contributed by atoms with Crippen LogP contribution in [0, 0.1) is 4.77 Å². The third kappa shape index (κ3) is 7.24. The van der Waals surface area contributed by atoms with Crippen LogP contribution in [-0.2, 0) is 31.6 Å². The molecule has 0 spiro atoms. The Hall–Kier alpha value is -0.600. The average molecular weight is 499 g/mol. The van der Waals surface area contributed by atoms with Crippen LogP contribution in [0.25, 0.3) is 0 Å². The van der Waals surface area contributed by atoms with Crippen LogP contribution in [0.3, 0.4) is 0 Å². The van der Waals surface area contributed by atoms with Crippen LogP contribution in [0.15, 0.2) is 12.3 Å². The van der Waals surface area contributed by atoms with Gasteiger partial charge in [-0.25, -0.2) is 23.1 Å². The lowest BCUT2D eigenvalue weighted by Gasteiger charge is -2.23. The van der Waals surface area contributed by atoms with Crippen molar-refractivity contribution in [3.63, 3.8) is 0 Å². The number of phosphoric ester groups is 1. The normalized spacial score (nSPS) is 29.3. The van der Waals surface area contributed by atoms with E-state index in [9.17, 15) is 23.0 Å². The van der Waals surface area contributed by atoms with Crippen LogP contribution >= 0.6 is 35.7 Å². The fourth-order valence-electron chi connectivity index (χ4n) is 2.46. The number of hydrogen-bond donors (Lipinski definition) is 5. The lowest BCUT2D eigenvalue weighted by molar-refractivity contribution is -0.0593. The fraction of sp³-hybridized carbons (Fsp3) is 0.600. The highest BCUT2D eigenvalue weighted by Gasteiger charge is 2.48. The van der Waals surface area contributed by atoms with Crippen molar-refractivity contribution in [1.29, 1.82) is 0 Å². The van der Waals surface area contributed by atoms with E-state index in [0.717, 1.165) is 0 Å². The molecule has 1 saturated heterocycles. The van der Waals surface area contributed by atoms with Crippen LogP contribution in [0.4, 0.5) is 10.2 Å². The minimum atomic E-state index is -5.65. The quantitative estimate of drug-likeness (QED) is 0.254. The van der Waals surface area contributed by atoms with Gasteiger partial charge in [-0.05, 0) is 25.2 Å². The molecular weight excluding hydrogens is 482 g/mol. The maximum absolute atomic E-state index is 14.9. The van der Waals surface area contributed by atoms with Crippen LogP contribution in [0.1, 0.15) is 19.6 Å². The van der Waals surface area contributed by atoms with Crippen LogP contribution in [-0.4, -0.2) is 47.5 Å². The van der Waals surface area contributed by atoms with Gasteiger partial charge in [-0.2, -0.15) is 8.62 Å². The Morgan fingerprint density at radius 2 is 1.97 bits per heavy atom. The summed E-state index contributed by atoms with van der Waals surface area (Å²) in [5.41, 5.74) is 3.47. The summed E-state index contributed by atoms with van der Waals surface area (Å²) in [6, 6.07) is 1.36. The van der Waals surface area contributed by atoms with Gasteiger partial charge < -0.3 is 30.0 Å². The number of alkyl halides is 1. The molecule has 2 heterocycles. The predicted molar refractivity (Wildman–Crippen MR) is 95.3 cm³/mol. The Morgan fingerprint density at radius 1 is 1.34 bits per heavy atom. The van der Waals surface area contributed by atoms with E-state index in [0.29, 0.717) is 0 Å². The molecular formula is C10H17FN3O11P3S. The molecule has 0 bridgehead atoms. The van der Waals surface area contributed by atoms with E-state index >= 15 is 0 Å². The van der Waals surface area contributed by atoms with Crippen molar-refractivity contribution in [2.75, 3.05) is 12.3 Å². The van der Waals surface area contributed by atoms with Crippen molar-refractivity contribution in [2.45, 2.75) is 31.3 Å². The molecule has 2 rings (SSSR count). The number of anilines is 1. The minimum Gasteiger partial charge on any atom is -0.384 e. The molecule has 29 heavy (non-hydrogen) atoms. The zero-order chi connectivity index (χ0) is 22.3. The standard InChI is InChI=1S/C10H17FN3O11P3S/c1-10(11)4-6(23-8(10)14-3-2-7(12)13-9(14)29)5-22-27(18,19)25-28(20,21)24-26(15,16)17/h2-3,6,8H,4-5H2,1H3,(H,18,19)(H,20,21)(H2,12,13,29)(H2,15,16,17)/t6-,8+,10?/m0/s1. The molecule has 3 unspecified atom stereocenters. The fourth-order valence-corrected chi connectivity index (χ4v) is 5.77. The molecule has 0 aliphatic carbocycles. The van der Waals surface area contributed by atoms with Crippen LogP contribution in [0.5, 0.6) is 0 Å². The van der Waals surface area contributed by atoms with E-state index in [1.54, 1.807) is 0 Å². The summed E-state index contributed by atoms with van der Waals surface area (Å²) >= 11 is 5.00. The van der Waals surface area contributed by atoms with E-state index in [1.807, 2.05) is 0 Å². The maximum Gasteiger partial charge on any atom is 0.490 e. The Morgan fingerprint density at radius 3 is 2.52 bits per heavy atom. The molecule has 1 aromatic rings. The smallest absolute Gasteiger partial charge is 0.384 e. The molecule has 1 fully saturated rings. The van der Waals surface area contributed by atoms with Gasteiger partial charge in [0, 0.05) is 12.6 Å². The number of halogens is 1. The number of rotatable bonds is 8. The molecule has 1 aliphatic heterocycles. The summed E-state index contributed by atoms with van der Waals surface area (Å²) in [6.07, 6.45) is -1.39. The molecule has 166 valence electrons. The van der Waals surface area contributed by atoms with Gasteiger partial charge >= 0.3 is 23.5 Å². The topological polar surface area (TPSA) is 213 Å². The van der Waals surface area contributed by atoms with Crippen molar-refractivity contribution in [3.05, 3.63) is 17.0 Å². The summed E-state index contributed by atoms with van der Waals surface area (Å²) < 4.78 is 66.6. The Labute approximate surface area is 167 Å². The van der Waals surface area contributed by atoms with Gasteiger partial charge in [0.2, 0.25) is 4.77 Å². The van der Waals surface area contributed by atoms with E-state index < -0.39 is 48.1 Å². The van der Waals surface area contributed by atoms with Crippen molar-refractivity contribution >= 4 is 41.5 Å². The van der Waals surface area contributed by atoms with Crippen LogP contribution < -0.4 is 5.73 Å². The van der Waals surface area contributed by atoms with Crippen LogP contribution in [0.2, 0.25) is 0 Å². The molecule has 1 aliphatic rings. The number of nitrogen functional groups attached to an aromatic ring is 1. The summed E-state index contributed by atoms with van der Waals surface area (Å²) in [6.45, 7) is 0.399. The number of ether oxygens (including phenoxy) is 1. The molecule has 14 nitrogen and oxygen atoms in total. The number of hydrogen-bond acceptors (Lipinski definition) is 10. The number of nitrogens with two attached hydrogens (primary N) is 1. The van der Waals surface area contributed by atoms with Gasteiger partial charge in [-0.1, -0.05) is 0 Å². The molecule has 19 heteroatoms. The zero-order valence-electron chi connectivity index (χ0n) is 14.5. The second-order valence-corrected chi connectivity index (χ2v) is 10.8. The van der Waals surface area contributed by atoms with Gasteiger partial charge in [0.05, 0.1) is 12.7 Å². The highest BCUT2D eigenvalue weighted by atomic mass is 32.1. The highest BCUT2D eigenvalue weighted by Crippen LogP contribution is 2.66. The van der Waals surface area contributed by atoms with Gasteiger partial charge in [0.25, 0.3) is 0 Å². The number of nitrogens with zero attached hydrogens (tertiary/aromatic N) is 2. The van der Waals surface area contributed by atoms with Gasteiger partial charge in [-0.15, -0.1) is 0 Å². The number of phosphoric acid groups is 3. The predicted octanol–water partition coefficient (Wildman–Crippen LogP) is 1.55. The number of aromatic nitrogens is 2. The lowest BCUT2D eigenvalue weighted by atomic mass is 10.0.